The fraction of sp³-hybridized carbons (Fsp3) is 0.316. The van der Waals surface area contributed by atoms with Crippen molar-refractivity contribution < 1.29 is 22.7 Å². The summed E-state index contributed by atoms with van der Waals surface area (Å²) in [5.41, 5.74) is 0.638. The summed E-state index contributed by atoms with van der Waals surface area (Å²) in [6, 6.07) is 10.6. The van der Waals surface area contributed by atoms with Crippen LogP contribution in [0.4, 0.5) is 5.69 Å². The summed E-state index contributed by atoms with van der Waals surface area (Å²) < 4.78 is 38.4. The van der Waals surface area contributed by atoms with E-state index in [2.05, 4.69) is 10.0 Å². The van der Waals surface area contributed by atoms with Crippen molar-refractivity contribution in [3.63, 3.8) is 0 Å². The summed E-state index contributed by atoms with van der Waals surface area (Å²) in [7, 11) is -2.31. The molecule has 7 nitrogen and oxygen atoms in total. The number of nitrogens with one attached hydrogen (secondary N) is 2. The third-order valence-electron chi connectivity index (χ3n) is 4.36. The van der Waals surface area contributed by atoms with Gasteiger partial charge < -0.3 is 14.8 Å². The van der Waals surface area contributed by atoms with Crippen LogP contribution in [0.25, 0.3) is 0 Å². The minimum absolute atomic E-state index is 0.0257. The molecule has 2 N–H and O–H groups in total. The van der Waals surface area contributed by atoms with Crippen molar-refractivity contribution in [2.24, 2.45) is 0 Å². The quantitative estimate of drug-likeness (QED) is 0.712. The van der Waals surface area contributed by atoms with E-state index in [1.807, 2.05) is 0 Å². The van der Waals surface area contributed by atoms with Gasteiger partial charge in [-0.05, 0) is 55.3 Å². The predicted octanol–water partition coefficient (Wildman–Crippen LogP) is 3.06. The molecule has 0 spiro atoms. The van der Waals surface area contributed by atoms with Crippen LogP contribution in [0.2, 0.25) is 5.02 Å². The molecule has 0 radical (unpaired) electrons. The lowest BCUT2D eigenvalue weighted by Crippen LogP contribution is -2.31. The molecule has 9 heteroatoms. The number of carbonyl (C=O) groups is 1. The molecular formula is C19H21ClN2O5S. The highest BCUT2D eigenvalue weighted by molar-refractivity contribution is 7.89. The zero-order valence-corrected chi connectivity index (χ0v) is 16.8. The van der Waals surface area contributed by atoms with Crippen molar-refractivity contribution >= 4 is 33.2 Å². The van der Waals surface area contributed by atoms with Crippen LogP contribution in [-0.2, 0) is 14.8 Å². The molecule has 0 saturated carbocycles. The molecule has 0 unspecified atom stereocenters. The molecule has 2 aromatic rings. The van der Waals surface area contributed by atoms with Crippen LogP contribution in [-0.4, -0.2) is 40.7 Å². The third kappa shape index (κ3) is 5.02. The maximum atomic E-state index is 12.6. The average molecular weight is 425 g/mol. The molecule has 150 valence electrons. The van der Waals surface area contributed by atoms with E-state index in [-0.39, 0.29) is 23.2 Å². The monoisotopic (exact) mass is 424 g/mol. The topological polar surface area (TPSA) is 93.7 Å². The molecule has 1 fully saturated rings. The second kappa shape index (κ2) is 8.91. The van der Waals surface area contributed by atoms with Gasteiger partial charge in [0.15, 0.2) is 0 Å². The van der Waals surface area contributed by atoms with Crippen molar-refractivity contribution in [2.75, 3.05) is 25.6 Å². The molecule has 0 aromatic heterocycles. The first kappa shape index (κ1) is 20.6. The zero-order valence-electron chi connectivity index (χ0n) is 15.3. The maximum Gasteiger partial charge on any atom is 0.255 e. The van der Waals surface area contributed by atoms with Crippen LogP contribution in [0, 0.1) is 0 Å². The number of ether oxygens (including phenoxy) is 2. The van der Waals surface area contributed by atoms with Crippen molar-refractivity contribution in [1.82, 2.24) is 4.72 Å². The molecule has 28 heavy (non-hydrogen) atoms. The van der Waals surface area contributed by atoms with Crippen LogP contribution in [0.3, 0.4) is 0 Å². The van der Waals surface area contributed by atoms with Crippen LogP contribution < -0.4 is 14.8 Å². The summed E-state index contributed by atoms with van der Waals surface area (Å²) in [5.74, 6) is -0.0581. The van der Waals surface area contributed by atoms with Gasteiger partial charge in [-0.25, -0.2) is 13.1 Å². The van der Waals surface area contributed by atoms with Crippen molar-refractivity contribution in [3.8, 4) is 5.75 Å². The van der Waals surface area contributed by atoms with E-state index in [1.54, 1.807) is 24.3 Å². The highest BCUT2D eigenvalue weighted by Gasteiger charge is 2.22. The average Bonchev–Trinajstić information content (AvgIpc) is 3.20. The molecule has 3 rings (SSSR count). The Balaban J connectivity index is 1.78. The first-order chi connectivity index (χ1) is 13.4. The summed E-state index contributed by atoms with van der Waals surface area (Å²) >= 11 is 5.84. The van der Waals surface area contributed by atoms with Crippen molar-refractivity contribution in [1.29, 1.82) is 0 Å². The Morgan fingerprint density at radius 1 is 1.25 bits per heavy atom. The van der Waals surface area contributed by atoms with Gasteiger partial charge in [0.1, 0.15) is 5.75 Å². The number of carbonyl (C=O) groups excluding carboxylic acids is 1. The van der Waals surface area contributed by atoms with Gasteiger partial charge >= 0.3 is 0 Å². The smallest absolute Gasteiger partial charge is 0.255 e. The molecule has 0 bridgehead atoms. The van der Waals surface area contributed by atoms with E-state index in [0.717, 1.165) is 12.8 Å². The Bertz CT molecular complexity index is 941. The number of hydrogen-bond donors (Lipinski definition) is 2. The highest BCUT2D eigenvalue weighted by atomic mass is 35.5. The Morgan fingerprint density at radius 3 is 2.64 bits per heavy atom. The highest BCUT2D eigenvalue weighted by Crippen LogP contribution is 2.28. The van der Waals surface area contributed by atoms with Crippen LogP contribution in [0.15, 0.2) is 47.4 Å². The van der Waals surface area contributed by atoms with E-state index < -0.39 is 15.9 Å². The number of methoxy groups -OCH3 is 1. The van der Waals surface area contributed by atoms with Gasteiger partial charge in [0.05, 0.1) is 23.8 Å². The summed E-state index contributed by atoms with van der Waals surface area (Å²) in [5, 5.41) is 3.20. The Morgan fingerprint density at radius 2 is 2.00 bits per heavy atom. The van der Waals surface area contributed by atoms with Gasteiger partial charge in [-0.3, -0.25) is 4.79 Å². The minimum Gasteiger partial charge on any atom is -0.495 e. The maximum absolute atomic E-state index is 12.6. The van der Waals surface area contributed by atoms with Crippen molar-refractivity contribution in [3.05, 3.63) is 53.1 Å². The lowest BCUT2D eigenvalue weighted by Gasteiger charge is -2.14. The first-order valence-corrected chi connectivity index (χ1v) is 10.6. The van der Waals surface area contributed by atoms with Gasteiger partial charge in [0.2, 0.25) is 10.0 Å². The van der Waals surface area contributed by atoms with Gasteiger partial charge in [0.25, 0.3) is 5.91 Å². The SMILES string of the molecule is COc1ccc(S(=O)(=O)NC[C@@H]2CCCO2)cc1NC(=O)c1ccc(Cl)cc1. The standard InChI is InChI=1S/C19H21ClN2O5S/c1-26-18-9-8-16(28(24,25)21-12-15-3-2-10-27-15)11-17(18)22-19(23)13-4-6-14(20)7-5-13/h4-9,11,15,21H,2-3,10,12H2,1H3,(H,22,23)/t15-/m0/s1. The normalized spacial score (nSPS) is 16.7. The van der Waals surface area contributed by atoms with E-state index >= 15 is 0 Å². The molecule has 1 aliphatic rings. The van der Waals surface area contributed by atoms with Crippen LogP contribution >= 0.6 is 11.6 Å². The van der Waals surface area contributed by atoms with E-state index in [0.29, 0.717) is 22.9 Å². The van der Waals surface area contributed by atoms with E-state index in [1.165, 1.54) is 25.3 Å². The molecule has 2 aromatic carbocycles. The number of sulfonamides is 1. The fourth-order valence-electron chi connectivity index (χ4n) is 2.84. The summed E-state index contributed by atoms with van der Waals surface area (Å²) in [6.45, 7) is 0.858. The molecule has 1 saturated heterocycles. The number of anilines is 1. The Hall–Kier alpha value is -2.13. The van der Waals surface area contributed by atoms with Crippen LogP contribution in [0.1, 0.15) is 23.2 Å². The van der Waals surface area contributed by atoms with Gasteiger partial charge in [-0.1, -0.05) is 11.6 Å². The Kier molecular flexibility index (Phi) is 6.56. The van der Waals surface area contributed by atoms with Crippen LogP contribution in [0.5, 0.6) is 5.75 Å². The zero-order chi connectivity index (χ0) is 20.1. The van der Waals surface area contributed by atoms with E-state index in [9.17, 15) is 13.2 Å². The lowest BCUT2D eigenvalue weighted by molar-refractivity contribution is 0.102. The number of hydrogen-bond acceptors (Lipinski definition) is 5. The number of rotatable bonds is 7. The molecule has 1 atom stereocenters. The second-order valence-corrected chi connectivity index (χ2v) is 8.51. The summed E-state index contributed by atoms with van der Waals surface area (Å²) in [6.07, 6.45) is 1.64. The largest absolute Gasteiger partial charge is 0.495 e. The molecule has 1 heterocycles. The number of amides is 1. The summed E-state index contributed by atoms with van der Waals surface area (Å²) in [4.78, 5) is 12.5. The molecular weight excluding hydrogens is 404 g/mol. The minimum atomic E-state index is -3.76. The number of halogens is 1. The van der Waals surface area contributed by atoms with Gasteiger partial charge in [-0.2, -0.15) is 0 Å². The first-order valence-electron chi connectivity index (χ1n) is 8.75. The lowest BCUT2D eigenvalue weighted by atomic mass is 10.2. The third-order valence-corrected chi connectivity index (χ3v) is 6.03. The predicted molar refractivity (Wildman–Crippen MR) is 107 cm³/mol. The molecule has 1 amide bonds. The van der Waals surface area contributed by atoms with Gasteiger partial charge in [-0.15, -0.1) is 0 Å². The van der Waals surface area contributed by atoms with E-state index in [4.69, 9.17) is 21.1 Å². The molecule has 1 aliphatic heterocycles. The Labute approximate surface area is 169 Å². The van der Waals surface area contributed by atoms with Gasteiger partial charge in [0, 0.05) is 23.7 Å². The number of benzene rings is 2. The van der Waals surface area contributed by atoms with Crippen molar-refractivity contribution in [2.45, 2.75) is 23.8 Å². The second-order valence-electron chi connectivity index (χ2n) is 6.31. The fourth-order valence-corrected chi connectivity index (χ4v) is 4.06. The molecule has 0 aliphatic carbocycles.